The molecule has 0 unspecified atom stereocenters. The maximum Gasteiger partial charge on any atom is 0.335 e. The van der Waals surface area contributed by atoms with Gasteiger partial charge >= 0.3 is 5.69 Å². The highest BCUT2D eigenvalue weighted by Crippen LogP contribution is 2.33. The molecule has 3 aromatic heterocycles. The van der Waals surface area contributed by atoms with Gasteiger partial charge in [-0.25, -0.2) is 14.3 Å². The summed E-state index contributed by atoms with van der Waals surface area (Å²) in [5, 5.41) is 2.29. The van der Waals surface area contributed by atoms with Gasteiger partial charge in [-0.2, -0.15) is 0 Å². The van der Waals surface area contributed by atoms with Crippen LogP contribution in [0, 0.1) is 6.92 Å². The van der Waals surface area contributed by atoms with Crippen LogP contribution in [0.1, 0.15) is 5.56 Å². The summed E-state index contributed by atoms with van der Waals surface area (Å²) in [6.07, 6.45) is 1.58. The number of aromatic nitrogens is 3. The zero-order chi connectivity index (χ0) is 15.3. The van der Waals surface area contributed by atoms with Crippen molar-refractivity contribution in [3.63, 3.8) is 0 Å². The summed E-state index contributed by atoms with van der Waals surface area (Å²) in [4.78, 5) is 30.9. The van der Waals surface area contributed by atoms with Gasteiger partial charge < -0.3 is 0 Å². The first kappa shape index (κ1) is 13.0. The highest BCUT2D eigenvalue weighted by Gasteiger charge is 2.15. The molecule has 0 amide bonds. The van der Waals surface area contributed by atoms with Crippen molar-refractivity contribution in [2.75, 3.05) is 0 Å². The Labute approximate surface area is 128 Å². The molecular weight excluding hydrogens is 298 g/mol. The van der Waals surface area contributed by atoms with Gasteiger partial charge in [0.1, 0.15) is 5.00 Å². The van der Waals surface area contributed by atoms with E-state index >= 15 is 0 Å². The smallest absolute Gasteiger partial charge is 0.273 e. The Morgan fingerprint density at radius 3 is 2.68 bits per heavy atom. The molecule has 1 aromatic carbocycles. The van der Waals surface area contributed by atoms with Crippen LogP contribution in [0.25, 0.3) is 26.1 Å². The summed E-state index contributed by atoms with van der Waals surface area (Å²) in [5.41, 5.74) is 0.501. The van der Waals surface area contributed by atoms with E-state index in [1.54, 1.807) is 18.3 Å². The number of pyridine rings is 1. The van der Waals surface area contributed by atoms with Crippen molar-refractivity contribution >= 4 is 32.5 Å². The van der Waals surface area contributed by atoms with Crippen molar-refractivity contribution in [1.29, 1.82) is 0 Å². The molecule has 0 saturated carbocycles. The average molecular weight is 309 g/mol. The number of benzene rings is 1. The predicted molar refractivity (Wildman–Crippen MR) is 88.1 cm³/mol. The van der Waals surface area contributed by atoms with Gasteiger partial charge in [0.15, 0.2) is 5.65 Å². The molecule has 0 atom stereocenters. The maximum absolute atomic E-state index is 12.4. The quantitative estimate of drug-likeness (QED) is 0.587. The molecule has 0 aliphatic heterocycles. The van der Waals surface area contributed by atoms with Crippen molar-refractivity contribution in [3.05, 3.63) is 69.0 Å². The van der Waals surface area contributed by atoms with Crippen molar-refractivity contribution in [3.8, 4) is 5.00 Å². The summed E-state index contributed by atoms with van der Waals surface area (Å²) < 4.78 is 2.58. The van der Waals surface area contributed by atoms with Crippen LogP contribution < -0.4 is 11.2 Å². The van der Waals surface area contributed by atoms with Gasteiger partial charge in [0.05, 0.1) is 5.39 Å². The lowest BCUT2D eigenvalue weighted by Crippen LogP contribution is -2.29. The van der Waals surface area contributed by atoms with Crippen LogP contribution in [0.3, 0.4) is 0 Å². The molecule has 108 valence electrons. The van der Waals surface area contributed by atoms with Crippen LogP contribution in [0.15, 0.2) is 52.2 Å². The first-order chi connectivity index (χ1) is 10.7. The lowest BCUT2D eigenvalue weighted by atomic mass is 10.2. The van der Waals surface area contributed by atoms with Crippen LogP contribution >= 0.6 is 11.3 Å². The number of nitrogens with one attached hydrogen (secondary N) is 1. The predicted octanol–water partition coefficient (Wildman–Crippen LogP) is 2.60. The molecule has 0 aliphatic rings. The van der Waals surface area contributed by atoms with Crippen LogP contribution in [-0.2, 0) is 0 Å². The average Bonchev–Trinajstić information content (AvgIpc) is 2.85. The molecule has 1 N–H and O–H groups in total. The third kappa shape index (κ3) is 1.74. The number of aromatic amines is 1. The summed E-state index contributed by atoms with van der Waals surface area (Å²) in [6.45, 7) is 1.97. The van der Waals surface area contributed by atoms with Gasteiger partial charge in [-0.05, 0) is 36.1 Å². The summed E-state index contributed by atoms with van der Waals surface area (Å²) in [5.74, 6) is 0. The number of H-pyrrole nitrogens is 1. The maximum atomic E-state index is 12.4. The number of aryl methyl sites for hydroxylation is 1. The van der Waals surface area contributed by atoms with Gasteiger partial charge in [-0.3, -0.25) is 9.78 Å². The number of thiophene rings is 1. The van der Waals surface area contributed by atoms with Crippen molar-refractivity contribution < 1.29 is 0 Å². The minimum atomic E-state index is -0.467. The molecule has 3 heterocycles. The second-order valence-electron chi connectivity index (χ2n) is 5.00. The second-order valence-corrected chi connectivity index (χ2v) is 6.03. The molecule has 5 nitrogen and oxygen atoms in total. The highest BCUT2D eigenvalue weighted by molar-refractivity contribution is 7.21. The molecule has 0 bridgehead atoms. The second kappa shape index (κ2) is 4.64. The molecular formula is C16H11N3O2S. The summed E-state index contributed by atoms with van der Waals surface area (Å²) in [6, 6.07) is 11.3. The zero-order valence-electron chi connectivity index (χ0n) is 11.7. The Balaban J connectivity index is 2.20. The number of hydrogen-bond donors (Lipinski definition) is 1. The first-order valence-electron chi connectivity index (χ1n) is 6.75. The van der Waals surface area contributed by atoms with E-state index in [1.165, 1.54) is 15.9 Å². The molecule has 0 saturated heterocycles. The third-order valence-electron chi connectivity index (χ3n) is 3.69. The zero-order valence-corrected chi connectivity index (χ0v) is 12.5. The lowest BCUT2D eigenvalue weighted by molar-refractivity contribution is 0.935. The van der Waals surface area contributed by atoms with E-state index in [-0.39, 0.29) is 0 Å². The van der Waals surface area contributed by atoms with Crippen LogP contribution in [0.2, 0.25) is 0 Å². The van der Waals surface area contributed by atoms with Crippen molar-refractivity contribution in [2.45, 2.75) is 6.92 Å². The number of hydrogen-bond acceptors (Lipinski definition) is 4. The Kier molecular flexibility index (Phi) is 2.74. The SMILES string of the molecule is Cc1c(-n2c(=O)[nH]c(=O)c3cccnc32)sc2ccccc12. The fourth-order valence-electron chi connectivity index (χ4n) is 2.63. The fraction of sp³-hybridized carbons (Fsp3) is 0.0625. The van der Waals surface area contributed by atoms with Gasteiger partial charge in [0, 0.05) is 10.9 Å². The van der Waals surface area contributed by atoms with Gasteiger partial charge in [-0.1, -0.05) is 18.2 Å². The number of nitrogens with zero attached hydrogens (tertiary/aromatic N) is 2. The normalized spacial score (nSPS) is 11.3. The minimum absolute atomic E-state index is 0.380. The van der Waals surface area contributed by atoms with E-state index in [0.29, 0.717) is 11.0 Å². The number of fused-ring (bicyclic) bond motifs is 2. The Hall–Kier alpha value is -2.73. The Bertz CT molecular complexity index is 1140. The van der Waals surface area contributed by atoms with Gasteiger partial charge in [0.2, 0.25) is 0 Å². The van der Waals surface area contributed by atoms with Crippen molar-refractivity contribution in [1.82, 2.24) is 14.5 Å². The molecule has 0 radical (unpaired) electrons. The number of rotatable bonds is 1. The topological polar surface area (TPSA) is 67.8 Å². The van der Waals surface area contributed by atoms with E-state index in [0.717, 1.165) is 20.7 Å². The highest BCUT2D eigenvalue weighted by atomic mass is 32.1. The monoisotopic (exact) mass is 309 g/mol. The van der Waals surface area contributed by atoms with Crippen LogP contribution in [0.4, 0.5) is 0 Å². The van der Waals surface area contributed by atoms with Crippen molar-refractivity contribution in [2.24, 2.45) is 0 Å². The third-order valence-corrected chi connectivity index (χ3v) is 4.95. The molecule has 22 heavy (non-hydrogen) atoms. The standard InChI is InChI=1S/C16H11N3O2S/c1-9-10-5-2-3-7-12(10)22-15(9)19-13-11(6-4-8-17-13)14(20)18-16(19)21/h2-8H,1H3,(H,18,20,21). The van der Waals surface area contributed by atoms with E-state index in [2.05, 4.69) is 9.97 Å². The van der Waals surface area contributed by atoms with Gasteiger partial charge in [0.25, 0.3) is 5.56 Å². The van der Waals surface area contributed by atoms with E-state index < -0.39 is 11.2 Å². The lowest BCUT2D eigenvalue weighted by Gasteiger charge is -2.07. The Morgan fingerprint density at radius 2 is 1.86 bits per heavy atom. The first-order valence-corrected chi connectivity index (χ1v) is 7.57. The fourth-order valence-corrected chi connectivity index (χ4v) is 3.84. The van der Waals surface area contributed by atoms with E-state index in [1.807, 2.05) is 31.2 Å². The molecule has 0 fully saturated rings. The summed E-state index contributed by atoms with van der Waals surface area (Å²) >= 11 is 1.51. The van der Waals surface area contributed by atoms with E-state index in [4.69, 9.17) is 0 Å². The largest absolute Gasteiger partial charge is 0.335 e. The molecule has 4 rings (SSSR count). The molecule has 4 aromatic rings. The molecule has 6 heteroatoms. The summed E-state index contributed by atoms with van der Waals surface area (Å²) in [7, 11) is 0. The van der Waals surface area contributed by atoms with Gasteiger partial charge in [-0.15, -0.1) is 11.3 Å². The molecule has 0 aliphatic carbocycles. The Morgan fingerprint density at radius 1 is 1.09 bits per heavy atom. The van der Waals surface area contributed by atoms with E-state index in [9.17, 15) is 9.59 Å². The van der Waals surface area contributed by atoms with Crippen LogP contribution in [0.5, 0.6) is 0 Å². The van der Waals surface area contributed by atoms with Crippen LogP contribution in [-0.4, -0.2) is 14.5 Å². The minimum Gasteiger partial charge on any atom is -0.273 e. The molecule has 0 spiro atoms.